The fourth-order valence-corrected chi connectivity index (χ4v) is 4.41. The van der Waals surface area contributed by atoms with Crippen molar-refractivity contribution >= 4 is 22.2 Å². The van der Waals surface area contributed by atoms with Crippen LogP contribution in [0.4, 0.5) is 0 Å². The highest BCUT2D eigenvalue weighted by Crippen LogP contribution is 2.37. The third-order valence-electron chi connectivity index (χ3n) is 4.55. The number of aromatic nitrogens is 1. The van der Waals surface area contributed by atoms with E-state index in [0.29, 0.717) is 6.04 Å². The first-order valence-corrected chi connectivity index (χ1v) is 8.78. The molecule has 0 radical (unpaired) electrons. The van der Waals surface area contributed by atoms with Gasteiger partial charge in [0.25, 0.3) is 0 Å². The summed E-state index contributed by atoms with van der Waals surface area (Å²) in [5, 5.41) is 7.01. The lowest BCUT2D eigenvalue weighted by Gasteiger charge is -2.35. The van der Waals surface area contributed by atoms with E-state index in [1.807, 2.05) is 11.3 Å². The van der Waals surface area contributed by atoms with Gasteiger partial charge >= 0.3 is 0 Å². The van der Waals surface area contributed by atoms with Crippen LogP contribution in [-0.2, 0) is 0 Å². The van der Waals surface area contributed by atoms with Gasteiger partial charge in [-0.3, -0.25) is 4.90 Å². The molecule has 1 aromatic carbocycles. The Balaban J connectivity index is 1.87. The molecule has 1 aliphatic rings. The summed E-state index contributed by atoms with van der Waals surface area (Å²) in [6.45, 7) is 6.55. The molecule has 0 spiro atoms. The van der Waals surface area contributed by atoms with E-state index in [1.165, 1.54) is 27.0 Å². The molecule has 0 saturated carbocycles. The number of nitrogens with one attached hydrogen (secondary N) is 2. The fourth-order valence-electron chi connectivity index (χ4n) is 3.54. The highest BCUT2D eigenvalue weighted by Gasteiger charge is 2.28. The van der Waals surface area contributed by atoms with E-state index in [4.69, 9.17) is 0 Å². The molecular weight excluding hydrogens is 290 g/mol. The number of hydrogen-bond donors (Lipinski definition) is 2. The number of hydrogen-bond acceptors (Lipinski definition) is 3. The molecule has 1 atom stereocenters. The third-order valence-corrected chi connectivity index (χ3v) is 5.47. The minimum Gasteiger partial charge on any atom is -0.358 e. The van der Waals surface area contributed by atoms with Gasteiger partial charge in [-0.1, -0.05) is 24.3 Å². The van der Waals surface area contributed by atoms with Crippen molar-refractivity contribution in [3.63, 3.8) is 0 Å². The van der Waals surface area contributed by atoms with Gasteiger partial charge in [0, 0.05) is 53.2 Å². The summed E-state index contributed by atoms with van der Waals surface area (Å²) in [5.41, 5.74) is 3.98. The molecule has 1 fully saturated rings. The van der Waals surface area contributed by atoms with Crippen LogP contribution < -0.4 is 5.32 Å². The molecule has 0 bridgehead atoms. The van der Waals surface area contributed by atoms with Crippen molar-refractivity contribution in [2.75, 3.05) is 26.2 Å². The standard InChI is InChI=1S/C18H21N3S/c1-13-17(14-5-2-3-6-15(14)20-13)18(16-7-4-12-22-16)21-10-8-19-9-11-21/h2-7,12,18-20H,8-11H2,1H3/t18-/m0/s1. The van der Waals surface area contributed by atoms with Crippen LogP contribution in [0.5, 0.6) is 0 Å². The number of para-hydroxylation sites is 1. The van der Waals surface area contributed by atoms with Crippen LogP contribution in [0.1, 0.15) is 22.2 Å². The van der Waals surface area contributed by atoms with Crippen molar-refractivity contribution in [1.82, 2.24) is 15.2 Å². The number of fused-ring (bicyclic) bond motifs is 1. The minimum atomic E-state index is 0.359. The monoisotopic (exact) mass is 311 g/mol. The first-order chi connectivity index (χ1) is 10.8. The Labute approximate surface area is 135 Å². The maximum Gasteiger partial charge on any atom is 0.0720 e. The van der Waals surface area contributed by atoms with Crippen LogP contribution in [0.15, 0.2) is 41.8 Å². The molecule has 1 saturated heterocycles. The highest BCUT2D eigenvalue weighted by atomic mass is 32.1. The van der Waals surface area contributed by atoms with Gasteiger partial charge in [0.15, 0.2) is 0 Å². The normalized spacial score (nSPS) is 17.9. The van der Waals surface area contributed by atoms with Gasteiger partial charge in [0.05, 0.1) is 6.04 Å². The molecule has 1 aliphatic heterocycles. The number of aryl methyl sites for hydroxylation is 1. The maximum absolute atomic E-state index is 3.57. The number of piperazine rings is 1. The lowest BCUT2D eigenvalue weighted by molar-refractivity contribution is 0.201. The Kier molecular flexibility index (Phi) is 3.74. The molecule has 3 aromatic rings. The minimum absolute atomic E-state index is 0.359. The lowest BCUT2D eigenvalue weighted by Crippen LogP contribution is -2.45. The van der Waals surface area contributed by atoms with Crippen LogP contribution in [0.3, 0.4) is 0 Å². The molecule has 2 N–H and O–H groups in total. The Morgan fingerprint density at radius 3 is 2.68 bits per heavy atom. The van der Waals surface area contributed by atoms with Crippen molar-refractivity contribution in [2.24, 2.45) is 0 Å². The van der Waals surface area contributed by atoms with E-state index < -0.39 is 0 Å². The van der Waals surface area contributed by atoms with Gasteiger partial charge in [-0.2, -0.15) is 0 Å². The molecule has 0 amide bonds. The van der Waals surface area contributed by atoms with E-state index in [1.54, 1.807) is 0 Å². The van der Waals surface area contributed by atoms with Gasteiger partial charge in [-0.05, 0) is 24.4 Å². The molecule has 0 unspecified atom stereocenters. The summed E-state index contributed by atoms with van der Waals surface area (Å²) < 4.78 is 0. The zero-order valence-corrected chi connectivity index (χ0v) is 13.6. The van der Waals surface area contributed by atoms with Gasteiger partial charge in [0.1, 0.15) is 0 Å². The second-order valence-corrected chi connectivity index (χ2v) is 6.89. The smallest absolute Gasteiger partial charge is 0.0720 e. The van der Waals surface area contributed by atoms with E-state index in [9.17, 15) is 0 Å². The van der Waals surface area contributed by atoms with E-state index in [0.717, 1.165) is 26.2 Å². The summed E-state index contributed by atoms with van der Waals surface area (Å²) in [4.78, 5) is 7.63. The highest BCUT2D eigenvalue weighted by molar-refractivity contribution is 7.10. The third kappa shape index (κ3) is 2.37. The SMILES string of the molecule is Cc1[nH]c2ccccc2c1[C@H](c1cccs1)N1CCNCC1. The zero-order chi connectivity index (χ0) is 14.9. The molecule has 114 valence electrons. The number of H-pyrrole nitrogens is 1. The summed E-state index contributed by atoms with van der Waals surface area (Å²) in [5.74, 6) is 0. The van der Waals surface area contributed by atoms with Gasteiger partial charge in [-0.15, -0.1) is 11.3 Å². The largest absolute Gasteiger partial charge is 0.358 e. The molecule has 3 heterocycles. The van der Waals surface area contributed by atoms with Gasteiger partial charge in [-0.25, -0.2) is 0 Å². The quantitative estimate of drug-likeness (QED) is 0.775. The predicted octanol–water partition coefficient (Wildman–Crippen LogP) is 3.53. The van der Waals surface area contributed by atoms with Crippen molar-refractivity contribution < 1.29 is 0 Å². The van der Waals surface area contributed by atoms with E-state index >= 15 is 0 Å². The van der Waals surface area contributed by atoms with Crippen molar-refractivity contribution in [3.05, 3.63) is 57.9 Å². The van der Waals surface area contributed by atoms with Crippen LogP contribution in [0.25, 0.3) is 10.9 Å². The number of thiophene rings is 1. The van der Waals surface area contributed by atoms with Crippen LogP contribution in [0, 0.1) is 6.92 Å². The Bertz CT molecular complexity index is 754. The lowest BCUT2D eigenvalue weighted by atomic mass is 9.99. The van der Waals surface area contributed by atoms with Crippen LogP contribution in [-0.4, -0.2) is 36.1 Å². The number of aromatic amines is 1. The molecule has 4 heteroatoms. The summed E-state index contributed by atoms with van der Waals surface area (Å²) in [7, 11) is 0. The van der Waals surface area contributed by atoms with Crippen molar-refractivity contribution in [1.29, 1.82) is 0 Å². The number of nitrogens with zero attached hydrogens (tertiary/aromatic N) is 1. The first kappa shape index (κ1) is 14.0. The average Bonchev–Trinajstić information content (AvgIpc) is 3.18. The summed E-state index contributed by atoms with van der Waals surface area (Å²) in [6, 6.07) is 13.5. The van der Waals surface area contributed by atoms with Gasteiger partial charge < -0.3 is 10.3 Å². The predicted molar refractivity (Wildman–Crippen MR) is 93.6 cm³/mol. The van der Waals surface area contributed by atoms with Gasteiger partial charge in [0.2, 0.25) is 0 Å². The molecule has 0 aliphatic carbocycles. The van der Waals surface area contributed by atoms with Crippen molar-refractivity contribution in [3.8, 4) is 0 Å². The van der Waals surface area contributed by atoms with E-state index in [2.05, 4.69) is 63.9 Å². The second kappa shape index (κ2) is 5.88. The molecular formula is C18H21N3S. The molecule has 3 nitrogen and oxygen atoms in total. The Morgan fingerprint density at radius 2 is 1.91 bits per heavy atom. The molecule has 22 heavy (non-hydrogen) atoms. The Hall–Kier alpha value is -1.62. The maximum atomic E-state index is 3.57. The Morgan fingerprint density at radius 1 is 1.09 bits per heavy atom. The first-order valence-electron chi connectivity index (χ1n) is 7.90. The zero-order valence-electron chi connectivity index (χ0n) is 12.8. The topological polar surface area (TPSA) is 31.1 Å². The second-order valence-electron chi connectivity index (χ2n) is 5.91. The average molecular weight is 311 g/mol. The molecule has 2 aromatic heterocycles. The molecule has 4 rings (SSSR count). The number of rotatable bonds is 3. The van der Waals surface area contributed by atoms with Crippen LogP contribution >= 0.6 is 11.3 Å². The summed E-state index contributed by atoms with van der Waals surface area (Å²) in [6.07, 6.45) is 0. The van der Waals surface area contributed by atoms with E-state index in [-0.39, 0.29) is 0 Å². The van der Waals surface area contributed by atoms with Crippen LogP contribution in [0.2, 0.25) is 0 Å². The van der Waals surface area contributed by atoms with Crippen molar-refractivity contribution in [2.45, 2.75) is 13.0 Å². The summed E-state index contributed by atoms with van der Waals surface area (Å²) >= 11 is 1.86. The number of benzene rings is 1. The fraction of sp³-hybridized carbons (Fsp3) is 0.333.